The topological polar surface area (TPSA) is 42.4 Å². The van der Waals surface area contributed by atoms with E-state index in [0.717, 1.165) is 53.8 Å². The molecule has 5 heteroatoms. The van der Waals surface area contributed by atoms with Gasteiger partial charge < -0.3 is 9.64 Å². The van der Waals surface area contributed by atoms with Gasteiger partial charge in [0.2, 0.25) is 5.91 Å². The van der Waals surface area contributed by atoms with Gasteiger partial charge in [-0.3, -0.25) is 4.79 Å². The molecule has 1 aromatic heterocycles. The van der Waals surface area contributed by atoms with Crippen LogP contribution in [-0.2, 0) is 11.3 Å². The van der Waals surface area contributed by atoms with E-state index in [2.05, 4.69) is 22.9 Å². The molecule has 0 radical (unpaired) electrons. The van der Waals surface area contributed by atoms with Gasteiger partial charge in [-0.2, -0.15) is 0 Å². The van der Waals surface area contributed by atoms with E-state index in [1.165, 1.54) is 19.3 Å². The molecule has 2 aliphatic carbocycles. The summed E-state index contributed by atoms with van der Waals surface area (Å²) in [7, 11) is 1.64. The molecule has 150 valence electrons. The van der Waals surface area contributed by atoms with Crippen LogP contribution in [0.4, 0.5) is 0 Å². The fourth-order valence-electron chi connectivity index (χ4n) is 4.42. The first-order valence-electron chi connectivity index (χ1n) is 10.5. The Labute approximate surface area is 172 Å². The van der Waals surface area contributed by atoms with E-state index in [1.807, 2.05) is 18.2 Å². The van der Waals surface area contributed by atoms with Gasteiger partial charge in [0.05, 0.1) is 12.6 Å². The average Bonchev–Trinajstić information content (AvgIpc) is 2.65. The van der Waals surface area contributed by atoms with Crippen LogP contribution in [0.15, 0.2) is 24.3 Å². The maximum absolute atomic E-state index is 13.2. The summed E-state index contributed by atoms with van der Waals surface area (Å²) in [5.41, 5.74) is 1.75. The van der Waals surface area contributed by atoms with Crippen molar-refractivity contribution in [2.45, 2.75) is 64.5 Å². The second kappa shape index (κ2) is 8.28. The van der Waals surface area contributed by atoms with Crippen LogP contribution < -0.4 is 4.74 Å². The number of rotatable bonds is 5. The first kappa shape index (κ1) is 19.5. The summed E-state index contributed by atoms with van der Waals surface area (Å²) in [6.45, 7) is 2.87. The highest BCUT2D eigenvalue weighted by molar-refractivity contribution is 6.30. The number of benzene rings is 1. The minimum absolute atomic E-state index is 0.204. The minimum atomic E-state index is 0.204. The van der Waals surface area contributed by atoms with Crippen molar-refractivity contribution in [3.63, 3.8) is 0 Å². The molecule has 1 aromatic carbocycles. The second-order valence-corrected chi connectivity index (χ2v) is 8.86. The maximum Gasteiger partial charge on any atom is 0.226 e. The van der Waals surface area contributed by atoms with Crippen LogP contribution in [0.1, 0.15) is 57.4 Å². The number of hydrogen-bond donors (Lipinski definition) is 0. The molecule has 4 rings (SSSR count). The van der Waals surface area contributed by atoms with Crippen molar-refractivity contribution in [1.82, 2.24) is 9.88 Å². The van der Waals surface area contributed by atoms with Crippen LogP contribution in [0.3, 0.4) is 0 Å². The van der Waals surface area contributed by atoms with Crippen LogP contribution >= 0.6 is 11.6 Å². The number of aromatic nitrogens is 1. The van der Waals surface area contributed by atoms with E-state index in [4.69, 9.17) is 16.3 Å². The van der Waals surface area contributed by atoms with Gasteiger partial charge in [0.25, 0.3) is 0 Å². The Morgan fingerprint density at radius 3 is 2.57 bits per heavy atom. The summed E-state index contributed by atoms with van der Waals surface area (Å²) < 4.78 is 5.29. The molecule has 1 amide bonds. The van der Waals surface area contributed by atoms with Crippen molar-refractivity contribution in [2.75, 3.05) is 7.11 Å². The van der Waals surface area contributed by atoms with Crippen molar-refractivity contribution in [3.05, 3.63) is 35.0 Å². The fraction of sp³-hybridized carbons (Fsp3) is 0.565. The average molecular weight is 401 g/mol. The Bertz CT molecular complexity index is 857. The first-order chi connectivity index (χ1) is 13.5. The molecule has 2 fully saturated rings. The molecule has 2 aliphatic rings. The molecule has 0 N–H and O–H groups in total. The lowest BCUT2D eigenvalue weighted by Crippen LogP contribution is -2.46. The molecule has 0 spiro atoms. The van der Waals surface area contributed by atoms with Gasteiger partial charge in [0, 0.05) is 35.5 Å². The highest BCUT2D eigenvalue weighted by Gasteiger charge is 2.34. The number of carbonyl (C=O) groups excluding carboxylic acids is 1. The normalized spacial score (nSPS) is 22.7. The van der Waals surface area contributed by atoms with Crippen LogP contribution in [0, 0.1) is 11.8 Å². The van der Waals surface area contributed by atoms with E-state index < -0.39 is 0 Å². The van der Waals surface area contributed by atoms with Crippen molar-refractivity contribution >= 4 is 28.4 Å². The molecule has 1 heterocycles. The Morgan fingerprint density at radius 1 is 1.18 bits per heavy atom. The molecule has 28 heavy (non-hydrogen) atoms. The first-order valence-corrected chi connectivity index (χ1v) is 10.9. The van der Waals surface area contributed by atoms with E-state index >= 15 is 0 Å². The summed E-state index contributed by atoms with van der Waals surface area (Å²) in [6, 6.07) is 8.23. The third-order valence-electron chi connectivity index (χ3n) is 6.56. The Balaban J connectivity index is 1.61. The summed E-state index contributed by atoms with van der Waals surface area (Å²) >= 11 is 6.55. The number of fused-ring (bicyclic) bond motifs is 1. The largest absolute Gasteiger partial charge is 0.497 e. The number of halogens is 1. The maximum atomic E-state index is 13.2. The molecule has 0 unspecified atom stereocenters. The molecule has 2 saturated carbocycles. The lowest BCUT2D eigenvalue weighted by atomic mass is 9.82. The van der Waals surface area contributed by atoms with Crippen LogP contribution in [0.2, 0.25) is 5.15 Å². The highest BCUT2D eigenvalue weighted by Crippen LogP contribution is 2.35. The van der Waals surface area contributed by atoms with Gasteiger partial charge in [-0.25, -0.2) is 4.98 Å². The zero-order valence-corrected chi connectivity index (χ0v) is 17.5. The SMILES string of the molecule is COc1ccc2cc(CN(C(=O)C3CCC3)C3CCC(C)CC3)c(Cl)nc2c1. The zero-order valence-electron chi connectivity index (χ0n) is 16.8. The summed E-state index contributed by atoms with van der Waals surface area (Å²) in [5.74, 6) is 2.05. The third-order valence-corrected chi connectivity index (χ3v) is 6.88. The lowest BCUT2D eigenvalue weighted by Gasteiger charge is -2.40. The third kappa shape index (κ3) is 3.98. The smallest absolute Gasteiger partial charge is 0.226 e. The minimum Gasteiger partial charge on any atom is -0.497 e. The number of amides is 1. The molecule has 0 aliphatic heterocycles. The van der Waals surface area contributed by atoms with E-state index in [9.17, 15) is 4.79 Å². The Hall–Kier alpha value is -1.81. The number of methoxy groups -OCH3 is 1. The molecule has 0 atom stereocenters. The van der Waals surface area contributed by atoms with Gasteiger partial charge >= 0.3 is 0 Å². The highest BCUT2D eigenvalue weighted by atomic mass is 35.5. The number of pyridine rings is 1. The monoisotopic (exact) mass is 400 g/mol. The van der Waals surface area contributed by atoms with Crippen LogP contribution in [-0.4, -0.2) is 28.9 Å². The molecular weight excluding hydrogens is 372 g/mol. The van der Waals surface area contributed by atoms with E-state index in [1.54, 1.807) is 7.11 Å². The van der Waals surface area contributed by atoms with Crippen molar-refractivity contribution < 1.29 is 9.53 Å². The molecule has 0 saturated heterocycles. The van der Waals surface area contributed by atoms with Gasteiger partial charge in [0.1, 0.15) is 10.9 Å². The van der Waals surface area contributed by atoms with Crippen LogP contribution in [0.5, 0.6) is 5.75 Å². The van der Waals surface area contributed by atoms with E-state index in [0.29, 0.717) is 23.6 Å². The molecule has 2 aromatic rings. The lowest BCUT2D eigenvalue weighted by molar-refractivity contribution is -0.142. The van der Waals surface area contributed by atoms with E-state index in [-0.39, 0.29) is 5.92 Å². The summed E-state index contributed by atoms with van der Waals surface area (Å²) in [6.07, 6.45) is 7.81. The van der Waals surface area contributed by atoms with Gasteiger partial charge in [-0.15, -0.1) is 0 Å². The van der Waals surface area contributed by atoms with Gasteiger partial charge in [0.15, 0.2) is 0 Å². The van der Waals surface area contributed by atoms with Crippen molar-refractivity contribution in [2.24, 2.45) is 11.8 Å². The number of carbonyl (C=O) groups is 1. The number of hydrogen-bond acceptors (Lipinski definition) is 3. The Morgan fingerprint density at radius 2 is 1.93 bits per heavy atom. The van der Waals surface area contributed by atoms with Gasteiger partial charge in [-0.1, -0.05) is 24.9 Å². The van der Waals surface area contributed by atoms with Gasteiger partial charge in [-0.05, 0) is 62.6 Å². The number of ether oxygens (including phenoxy) is 1. The standard InChI is InChI=1S/C23H29ClN2O2/c1-15-6-9-19(10-7-15)26(23(27)16-4-3-5-16)14-18-12-17-8-11-20(28-2)13-21(17)25-22(18)24/h8,11-13,15-16,19H,3-7,9-10,14H2,1-2H3. The predicted molar refractivity (Wildman–Crippen MR) is 113 cm³/mol. The molecule has 4 nitrogen and oxygen atoms in total. The zero-order chi connectivity index (χ0) is 19.7. The molecular formula is C23H29ClN2O2. The van der Waals surface area contributed by atoms with Crippen molar-refractivity contribution in [1.29, 1.82) is 0 Å². The Kier molecular flexibility index (Phi) is 5.77. The summed E-state index contributed by atoms with van der Waals surface area (Å²) in [5, 5.41) is 1.50. The number of nitrogens with zero attached hydrogens (tertiary/aromatic N) is 2. The van der Waals surface area contributed by atoms with Crippen molar-refractivity contribution in [3.8, 4) is 5.75 Å². The second-order valence-electron chi connectivity index (χ2n) is 8.50. The summed E-state index contributed by atoms with van der Waals surface area (Å²) in [4.78, 5) is 19.9. The quantitative estimate of drug-likeness (QED) is 0.613. The molecule has 0 bridgehead atoms. The predicted octanol–water partition coefficient (Wildman–Crippen LogP) is 5.60. The fourth-order valence-corrected chi connectivity index (χ4v) is 4.62. The van der Waals surface area contributed by atoms with Crippen LogP contribution in [0.25, 0.3) is 10.9 Å².